The van der Waals surface area contributed by atoms with Gasteiger partial charge in [0.1, 0.15) is 6.67 Å². The van der Waals surface area contributed by atoms with Crippen LogP contribution in [0.5, 0.6) is 0 Å². The lowest BCUT2D eigenvalue weighted by Crippen LogP contribution is -2.19. The van der Waals surface area contributed by atoms with Crippen LogP contribution in [0.25, 0.3) is 71.6 Å². The van der Waals surface area contributed by atoms with Gasteiger partial charge in [0.2, 0.25) is 0 Å². The molecule has 0 fully saturated rings. The summed E-state index contributed by atoms with van der Waals surface area (Å²) in [6.45, 7) is 1.61. The Morgan fingerprint density at radius 1 is 0.457 bits per heavy atom. The Hall–Kier alpha value is -5.93. The molecule has 0 bridgehead atoms. The number of para-hydroxylation sites is 2. The molecule has 0 unspecified atom stereocenters. The van der Waals surface area contributed by atoms with Gasteiger partial charge >= 0.3 is 0 Å². The van der Waals surface area contributed by atoms with Crippen molar-refractivity contribution in [3.63, 3.8) is 0 Å². The molecule has 3 heteroatoms. The summed E-state index contributed by atoms with van der Waals surface area (Å²) in [4.78, 5) is 6.65. The van der Waals surface area contributed by atoms with E-state index in [2.05, 4.69) is 172 Å². The second kappa shape index (κ2) is 10.9. The summed E-state index contributed by atoms with van der Waals surface area (Å²) in [5.74, 6) is 0. The first-order chi connectivity index (χ1) is 22.8. The van der Waals surface area contributed by atoms with E-state index >= 15 is 0 Å². The smallest absolute Gasteiger partial charge is 0.110 e. The van der Waals surface area contributed by atoms with E-state index in [-0.39, 0.29) is 0 Å². The molecule has 0 N–H and O–H groups in total. The number of benzene rings is 7. The molecule has 1 aliphatic rings. The minimum Gasteiger partial charge on any atom is -0.347 e. The first-order valence-electron chi connectivity index (χ1n) is 15.9. The third kappa shape index (κ3) is 4.40. The fourth-order valence-corrected chi connectivity index (χ4v) is 7.08. The van der Waals surface area contributed by atoms with Crippen molar-refractivity contribution in [3.05, 3.63) is 158 Å². The molecule has 0 saturated carbocycles. The maximum absolute atomic E-state index is 4.37. The maximum Gasteiger partial charge on any atom is 0.110 e. The average molecular weight is 590 g/mol. The highest BCUT2D eigenvalue weighted by molar-refractivity contribution is 6.11. The predicted octanol–water partition coefficient (Wildman–Crippen LogP) is 10.8. The van der Waals surface area contributed by atoms with E-state index in [1.54, 1.807) is 0 Å². The summed E-state index contributed by atoms with van der Waals surface area (Å²) in [6.07, 6.45) is 1.99. The Morgan fingerprint density at radius 3 is 1.80 bits per heavy atom. The van der Waals surface area contributed by atoms with E-state index in [0.717, 1.165) is 13.2 Å². The highest BCUT2D eigenvalue weighted by Gasteiger charge is 2.15. The van der Waals surface area contributed by atoms with Crippen LogP contribution >= 0.6 is 0 Å². The quantitative estimate of drug-likeness (QED) is 0.196. The summed E-state index contributed by atoms with van der Waals surface area (Å²) in [5, 5.41) is 5.06. The normalized spacial score (nSPS) is 12.9. The average Bonchev–Trinajstić information content (AvgIpc) is 3.79. The van der Waals surface area contributed by atoms with E-state index in [9.17, 15) is 0 Å². The SMILES string of the molecule is C1=NCN(c2ccc(-c3cccc4cccc(-c5ccc(-c6ccc7c(c6)c6ccccc6n7-c6ccccc6)cc5)c34)cc2)C1. The van der Waals surface area contributed by atoms with Crippen LogP contribution in [0, 0.1) is 0 Å². The molecule has 2 heterocycles. The van der Waals surface area contributed by atoms with E-state index in [0.29, 0.717) is 0 Å². The molecular weight excluding hydrogens is 558 g/mol. The van der Waals surface area contributed by atoms with Gasteiger partial charge in [-0.3, -0.25) is 4.99 Å². The zero-order valence-electron chi connectivity index (χ0n) is 25.3. The van der Waals surface area contributed by atoms with Crippen molar-refractivity contribution >= 4 is 44.5 Å². The Kier molecular flexibility index (Phi) is 6.27. The fraction of sp³-hybridized carbons (Fsp3) is 0.0465. The molecule has 0 aliphatic carbocycles. The molecule has 0 saturated heterocycles. The predicted molar refractivity (Wildman–Crippen MR) is 195 cm³/mol. The van der Waals surface area contributed by atoms with Crippen LogP contribution in [0.4, 0.5) is 5.69 Å². The second-order valence-corrected chi connectivity index (χ2v) is 12.0. The standard InChI is InChI=1S/C43H31N3/c1-2-10-36(11-3-1)46-41-15-5-4-12-39(41)40-28-34(22-25-42(40)46)30-16-18-31(19-17-30)37-13-6-8-33-9-7-14-38(43(33)37)32-20-23-35(24-21-32)45-27-26-44-29-45/h1-26,28H,27,29H2. The van der Waals surface area contributed by atoms with Crippen LogP contribution in [0.1, 0.15) is 0 Å². The summed E-state index contributed by atoms with van der Waals surface area (Å²) in [5.41, 5.74) is 12.2. The van der Waals surface area contributed by atoms with E-state index in [1.165, 1.54) is 77.3 Å². The van der Waals surface area contributed by atoms with Gasteiger partial charge < -0.3 is 9.47 Å². The van der Waals surface area contributed by atoms with E-state index < -0.39 is 0 Å². The van der Waals surface area contributed by atoms with Crippen molar-refractivity contribution in [2.75, 3.05) is 18.1 Å². The molecule has 0 radical (unpaired) electrons. The number of fused-ring (bicyclic) bond motifs is 4. The van der Waals surface area contributed by atoms with Crippen LogP contribution in [-0.2, 0) is 0 Å². The molecule has 46 heavy (non-hydrogen) atoms. The molecule has 0 atom stereocenters. The number of aromatic nitrogens is 1. The van der Waals surface area contributed by atoms with Crippen molar-refractivity contribution in [1.29, 1.82) is 0 Å². The summed E-state index contributed by atoms with van der Waals surface area (Å²) < 4.78 is 2.37. The largest absolute Gasteiger partial charge is 0.347 e. The molecule has 3 nitrogen and oxygen atoms in total. The molecular formula is C43H31N3. The highest BCUT2D eigenvalue weighted by atomic mass is 15.2. The first kappa shape index (κ1) is 26.5. The Balaban J connectivity index is 1.10. The van der Waals surface area contributed by atoms with Crippen LogP contribution in [0.2, 0.25) is 0 Å². The zero-order chi connectivity index (χ0) is 30.5. The van der Waals surface area contributed by atoms with Crippen molar-refractivity contribution in [3.8, 4) is 39.1 Å². The number of rotatable bonds is 5. The highest BCUT2D eigenvalue weighted by Crippen LogP contribution is 2.39. The van der Waals surface area contributed by atoms with Crippen molar-refractivity contribution in [2.24, 2.45) is 4.99 Å². The van der Waals surface area contributed by atoms with Crippen LogP contribution in [0.15, 0.2) is 163 Å². The van der Waals surface area contributed by atoms with Gasteiger partial charge in [0.05, 0.1) is 17.6 Å². The summed E-state index contributed by atoms with van der Waals surface area (Å²) in [6, 6.07) is 57.5. The molecule has 8 aromatic rings. The number of hydrogen-bond donors (Lipinski definition) is 0. The molecule has 0 amide bonds. The Labute approximate surface area is 268 Å². The van der Waals surface area contributed by atoms with E-state index in [4.69, 9.17) is 0 Å². The summed E-state index contributed by atoms with van der Waals surface area (Å²) in [7, 11) is 0. The summed E-state index contributed by atoms with van der Waals surface area (Å²) >= 11 is 0. The Bertz CT molecular complexity index is 2390. The minimum absolute atomic E-state index is 0.735. The first-order valence-corrected chi connectivity index (χ1v) is 15.9. The van der Waals surface area contributed by atoms with Crippen molar-refractivity contribution in [1.82, 2.24) is 4.57 Å². The van der Waals surface area contributed by atoms with Crippen molar-refractivity contribution in [2.45, 2.75) is 0 Å². The lowest BCUT2D eigenvalue weighted by molar-refractivity contribution is 0.957. The van der Waals surface area contributed by atoms with Crippen LogP contribution < -0.4 is 4.90 Å². The third-order valence-corrected chi connectivity index (χ3v) is 9.35. The third-order valence-electron chi connectivity index (χ3n) is 9.35. The zero-order valence-corrected chi connectivity index (χ0v) is 25.3. The van der Waals surface area contributed by atoms with Gasteiger partial charge in [-0.15, -0.1) is 0 Å². The van der Waals surface area contributed by atoms with Gasteiger partial charge in [-0.05, 0) is 86.6 Å². The van der Waals surface area contributed by atoms with Crippen LogP contribution in [-0.4, -0.2) is 24.0 Å². The molecule has 7 aromatic carbocycles. The molecule has 1 aromatic heterocycles. The lowest BCUT2D eigenvalue weighted by Gasteiger charge is -2.17. The van der Waals surface area contributed by atoms with E-state index in [1.807, 2.05) is 6.21 Å². The minimum atomic E-state index is 0.735. The molecule has 1 aliphatic heterocycles. The van der Waals surface area contributed by atoms with Gasteiger partial charge in [0, 0.05) is 28.4 Å². The maximum atomic E-state index is 4.37. The van der Waals surface area contributed by atoms with Gasteiger partial charge in [-0.2, -0.15) is 0 Å². The molecule has 0 spiro atoms. The van der Waals surface area contributed by atoms with Gasteiger partial charge in [0.25, 0.3) is 0 Å². The van der Waals surface area contributed by atoms with Gasteiger partial charge in [0.15, 0.2) is 0 Å². The molecule has 218 valence electrons. The van der Waals surface area contributed by atoms with Crippen molar-refractivity contribution < 1.29 is 0 Å². The Morgan fingerprint density at radius 2 is 1.09 bits per heavy atom. The fourth-order valence-electron chi connectivity index (χ4n) is 7.08. The lowest BCUT2D eigenvalue weighted by atomic mass is 9.90. The topological polar surface area (TPSA) is 20.5 Å². The number of anilines is 1. The number of aliphatic imine (C=N–C) groups is 1. The number of nitrogens with zero attached hydrogens (tertiary/aromatic N) is 3. The van der Waals surface area contributed by atoms with Crippen LogP contribution in [0.3, 0.4) is 0 Å². The van der Waals surface area contributed by atoms with Gasteiger partial charge in [-0.1, -0.05) is 115 Å². The monoisotopic (exact) mass is 589 g/mol. The molecule has 9 rings (SSSR count). The number of hydrogen-bond acceptors (Lipinski definition) is 2. The second-order valence-electron chi connectivity index (χ2n) is 12.0. The van der Waals surface area contributed by atoms with Gasteiger partial charge in [-0.25, -0.2) is 0 Å².